The smallest absolute Gasteiger partial charge is 0.236 e. The van der Waals surface area contributed by atoms with Crippen LogP contribution in [-0.4, -0.2) is 108 Å². The summed E-state index contributed by atoms with van der Waals surface area (Å²) >= 11 is 0. The molecule has 3 aromatic rings. The number of pyridine rings is 1. The maximum atomic E-state index is 6.37. The number of aromatic nitrogens is 3. The van der Waals surface area contributed by atoms with E-state index in [1.165, 1.54) is 44.7 Å². The molecular formula is C30H42N8O. The van der Waals surface area contributed by atoms with E-state index in [-0.39, 0.29) is 6.10 Å². The monoisotopic (exact) mass is 530 g/mol. The maximum absolute atomic E-state index is 6.37. The highest BCUT2D eigenvalue weighted by Crippen LogP contribution is 2.33. The molecule has 1 atom stereocenters. The van der Waals surface area contributed by atoms with Crippen LogP contribution in [0.4, 0.5) is 11.5 Å². The maximum Gasteiger partial charge on any atom is 0.236 e. The number of fused-ring (bicyclic) bond motifs is 1. The third-order valence-electron chi connectivity index (χ3n) is 8.79. The summed E-state index contributed by atoms with van der Waals surface area (Å²) in [5.41, 5.74) is 11.8. The Balaban J connectivity index is 1.21. The van der Waals surface area contributed by atoms with Crippen molar-refractivity contribution in [2.45, 2.75) is 44.8 Å². The van der Waals surface area contributed by atoms with Crippen LogP contribution in [0.25, 0.3) is 22.2 Å². The first-order chi connectivity index (χ1) is 19.0. The molecule has 9 nitrogen and oxygen atoms in total. The van der Waals surface area contributed by atoms with Crippen LogP contribution in [0.5, 0.6) is 5.88 Å². The molecule has 3 aliphatic heterocycles. The van der Waals surface area contributed by atoms with E-state index >= 15 is 0 Å². The Hall–Kier alpha value is -3.01. The fraction of sp³-hybridized carbons (Fsp3) is 0.567. The van der Waals surface area contributed by atoms with Gasteiger partial charge in [-0.3, -0.25) is 4.90 Å². The van der Waals surface area contributed by atoms with Gasteiger partial charge in [0.1, 0.15) is 22.8 Å². The number of hydrogen-bond acceptors (Lipinski definition) is 9. The van der Waals surface area contributed by atoms with Crippen LogP contribution < -0.4 is 15.4 Å². The molecule has 0 aliphatic carbocycles. The first-order valence-corrected chi connectivity index (χ1v) is 14.6. The average Bonchev–Trinajstić information content (AvgIpc) is 3.38. The number of rotatable bonds is 6. The molecule has 0 spiro atoms. The Kier molecular flexibility index (Phi) is 7.55. The van der Waals surface area contributed by atoms with Crippen LogP contribution in [0.2, 0.25) is 0 Å². The van der Waals surface area contributed by atoms with E-state index in [1.807, 2.05) is 6.20 Å². The third-order valence-corrected chi connectivity index (χ3v) is 8.79. The van der Waals surface area contributed by atoms with E-state index in [0.717, 1.165) is 61.4 Å². The molecule has 0 bridgehead atoms. The molecule has 39 heavy (non-hydrogen) atoms. The second-order valence-electron chi connectivity index (χ2n) is 11.5. The number of nitrogens with zero attached hydrogens (tertiary/aromatic N) is 7. The minimum Gasteiger partial charge on any atom is -0.472 e. The third kappa shape index (κ3) is 5.53. The molecule has 0 radical (unpaired) electrons. The van der Waals surface area contributed by atoms with Crippen molar-refractivity contribution < 1.29 is 4.74 Å². The highest BCUT2D eigenvalue weighted by atomic mass is 16.5. The fourth-order valence-corrected chi connectivity index (χ4v) is 6.29. The number of ether oxygens (including phenoxy) is 1. The number of hydrogen-bond donors (Lipinski definition) is 1. The first-order valence-electron chi connectivity index (χ1n) is 14.6. The Bertz CT molecular complexity index is 1280. The zero-order valence-corrected chi connectivity index (χ0v) is 23.6. The lowest BCUT2D eigenvalue weighted by molar-refractivity contribution is 0.0982. The van der Waals surface area contributed by atoms with Crippen molar-refractivity contribution >= 4 is 22.5 Å². The van der Waals surface area contributed by atoms with Crippen molar-refractivity contribution in [3.05, 3.63) is 36.2 Å². The number of likely N-dealkylation sites (tertiary alicyclic amines) is 1. The Morgan fingerprint density at radius 3 is 2.28 bits per heavy atom. The molecule has 1 aromatic carbocycles. The predicted octanol–water partition coefficient (Wildman–Crippen LogP) is 3.14. The van der Waals surface area contributed by atoms with Gasteiger partial charge in [0.2, 0.25) is 5.88 Å². The molecule has 2 N–H and O–H groups in total. The van der Waals surface area contributed by atoms with Gasteiger partial charge in [-0.15, -0.1) is 0 Å². The van der Waals surface area contributed by atoms with Gasteiger partial charge in [0.25, 0.3) is 0 Å². The number of benzene rings is 1. The van der Waals surface area contributed by atoms with E-state index in [9.17, 15) is 0 Å². The van der Waals surface area contributed by atoms with Crippen LogP contribution in [0.15, 0.2) is 30.5 Å². The van der Waals surface area contributed by atoms with Crippen molar-refractivity contribution in [3.8, 4) is 17.0 Å². The summed E-state index contributed by atoms with van der Waals surface area (Å²) < 4.78 is 6.37. The van der Waals surface area contributed by atoms with Crippen LogP contribution >= 0.6 is 0 Å². The molecule has 6 rings (SSSR count). The van der Waals surface area contributed by atoms with Crippen LogP contribution in [0.3, 0.4) is 0 Å². The molecule has 2 aromatic heterocycles. The summed E-state index contributed by atoms with van der Waals surface area (Å²) in [6, 6.07) is 9.53. The van der Waals surface area contributed by atoms with E-state index < -0.39 is 0 Å². The normalized spacial score (nSPS) is 22.1. The van der Waals surface area contributed by atoms with Crippen molar-refractivity contribution in [1.29, 1.82) is 0 Å². The number of aryl methyl sites for hydroxylation is 1. The second-order valence-corrected chi connectivity index (χ2v) is 11.5. The zero-order valence-electron chi connectivity index (χ0n) is 23.6. The number of nitrogens with two attached hydrogens (primary N) is 1. The fourth-order valence-electron chi connectivity index (χ4n) is 6.29. The number of piperidine rings is 1. The van der Waals surface area contributed by atoms with Gasteiger partial charge in [-0.2, -0.15) is 0 Å². The standard InChI is InChI=1S/C30H42N8O/c1-4-26-30(39-24-11-12-36(3)20-24)34-27-25(19-32-29(31)28(27)33-26)21-5-7-22(8-6-21)37-13-9-23(10-14-37)38-17-15-35(2)16-18-38/h5-8,19,23-24H,4,9-18,20H2,1-3H3,(H2,31,32). The van der Waals surface area contributed by atoms with Gasteiger partial charge < -0.3 is 25.2 Å². The van der Waals surface area contributed by atoms with Gasteiger partial charge in [0.15, 0.2) is 5.82 Å². The number of likely N-dealkylation sites (N-methyl/N-ethyl adjacent to an activating group) is 2. The number of nitrogen functional groups attached to an aromatic ring is 1. The lowest BCUT2D eigenvalue weighted by Gasteiger charge is -2.42. The predicted molar refractivity (Wildman–Crippen MR) is 157 cm³/mol. The lowest BCUT2D eigenvalue weighted by atomic mass is 10.0. The summed E-state index contributed by atoms with van der Waals surface area (Å²) in [5.74, 6) is 1.03. The minimum atomic E-state index is 0.134. The van der Waals surface area contributed by atoms with E-state index in [2.05, 4.69) is 69.9 Å². The van der Waals surface area contributed by atoms with Gasteiger partial charge in [-0.1, -0.05) is 19.1 Å². The molecule has 0 saturated carbocycles. The van der Waals surface area contributed by atoms with E-state index in [4.69, 9.17) is 20.4 Å². The summed E-state index contributed by atoms with van der Waals surface area (Å²) in [6.07, 6.45) is 6.14. The molecule has 3 fully saturated rings. The second kappa shape index (κ2) is 11.2. The van der Waals surface area contributed by atoms with Crippen LogP contribution in [0, 0.1) is 0 Å². The average molecular weight is 531 g/mol. The van der Waals surface area contributed by atoms with Crippen molar-refractivity contribution in [1.82, 2.24) is 29.7 Å². The topological polar surface area (TPSA) is 86.9 Å². The van der Waals surface area contributed by atoms with Crippen LogP contribution in [0.1, 0.15) is 31.9 Å². The number of anilines is 2. The Morgan fingerprint density at radius 2 is 1.62 bits per heavy atom. The molecule has 0 amide bonds. The SMILES string of the molecule is CCc1nc2c(N)ncc(-c3ccc(N4CCC(N5CCN(C)CC5)CC4)cc3)c2nc1OC1CCN(C)C1. The van der Waals surface area contributed by atoms with Crippen LogP contribution in [-0.2, 0) is 6.42 Å². The van der Waals surface area contributed by atoms with Crippen molar-refractivity contribution in [2.75, 3.05) is 77.1 Å². The van der Waals surface area contributed by atoms with Gasteiger partial charge in [-0.05, 0) is 57.5 Å². The van der Waals surface area contributed by atoms with Gasteiger partial charge in [0, 0.05) is 75.8 Å². The number of piperazine rings is 1. The largest absolute Gasteiger partial charge is 0.472 e. The molecule has 5 heterocycles. The van der Waals surface area contributed by atoms with E-state index in [0.29, 0.717) is 23.3 Å². The van der Waals surface area contributed by atoms with Gasteiger partial charge in [0.05, 0.1) is 0 Å². The Labute approximate surface area is 232 Å². The highest BCUT2D eigenvalue weighted by Gasteiger charge is 2.27. The van der Waals surface area contributed by atoms with Crippen molar-refractivity contribution in [3.63, 3.8) is 0 Å². The molecule has 208 valence electrons. The first kappa shape index (κ1) is 26.2. The summed E-state index contributed by atoms with van der Waals surface area (Å²) in [7, 11) is 4.35. The van der Waals surface area contributed by atoms with E-state index in [1.54, 1.807) is 0 Å². The van der Waals surface area contributed by atoms with Gasteiger partial charge in [-0.25, -0.2) is 15.0 Å². The molecule has 9 heteroatoms. The van der Waals surface area contributed by atoms with Gasteiger partial charge >= 0.3 is 0 Å². The Morgan fingerprint density at radius 1 is 0.872 bits per heavy atom. The lowest BCUT2D eigenvalue weighted by Crippen LogP contribution is -2.52. The molecule has 3 aliphatic rings. The summed E-state index contributed by atoms with van der Waals surface area (Å²) in [4.78, 5) is 24.3. The summed E-state index contributed by atoms with van der Waals surface area (Å²) in [6.45, 7) is 11.0. The molecule has 3 saturated heterocycles. The molecular weight excluding hydrogens is 488 g/mol. The zero-order chi connectivity index (χ0) is 26.9. The quantitative estimate of drug-likeness (QED) is 0.516. The highest BCUT2D eigenvalue weighted by molar-refractivity contribution is 5.96. The molecule has 1 unspecified atom stereocenters. The van der Waals surface area contributed by atoms with Crippen molar-refractivity contribution in [2.24, 2.45) is 0 Å². The summed E-state index contributed by atoms with van der Waals surface area (Å²) in [5, 5.41) is 0. The minimum absolute atomic E-state index is 0.134.